The Bertz CT molecular complexity index is 1470. The molecule has 0 aliphatic carbocycles. The summed E-state index contributed by atoms with van der Waals surface area (Å²) >= 11 is 0. The lowest BCUT2D eigenvalue weighted by Crippen LogP contribution is -2.28. The minimum absolute atomic E-state index is 0.0741. The Morgan fingerprint density at radius 1 is 1.10 bits per heavy atom. The molecule has 0 radical (unpaired) electrons. The molecule has 11 nitrogen and oxygen atoms in total. The second-order valence-electron chi connectivity index (χ2n) is 9.04. The molecule has 0 saturated carbocycles. The second-order valence-corrected chi connectivity index (χ2v) is 9.04. The SMILES string of the molecule is C=CC(=O)Nc1cccc(N(C(=O)OCc2ccccc2)c2ccnc(Nc3cnn(C4CCOCC4)c3)n2)c1. The van der Waals surface area contributed by atoms with Gasteiger partial charge in [-0.15, -0.1) is 0 Å². The number of nitrogens with zero attached hydrogens (tertiary/aromatic N) is 5. The Hall–Kier alpha value is -5.03. The molecule has 0 bridgehead atoms. The zero-order valence-corrected chi connectivity index (χ0v) is 21.8. The van der Waals surface area contributed by atoms with Crippen molar-refractivity contribution < 1.29 is 19.1 Å². The van der Waals surface area contributed by atoms with Gasteiger partial charge in [0, 0.05) is 37.4 Å². The van der Waals surface area contributed by atoms with Crippen LogP contribution in [-0.2, 0) is 20.9 Å². The number of amides is 2. The predicted molar refractivity (Wildman–Crippen MR) is 151 cm³/mol. The molecule has 11 heteroatoms. The first-order valence-electron chi connectivity index (χ1n) is 12.9. The maximum atomic E-state index is 13.5. The van der Waals surface area contributed by atoms with Gasteiger partial charge in [-0.3, -0.25) is 9.48 Å². The lowest BCUT2D eigenvalue weighted by atomic mass is 10.1. The summed E-state index contributed by atoms with van der Waals surface area (Å²) in [5.41, 5.74) is 2.48. The Kier molecular flexibility index (Phi) is 8.42. The molecule has 2 aromatic heterocycles. The highest BCUT2D eigenvalue weighted by atomic mass is 16.6. The summed E-state index contributed by atoms with van der Waals surface area (Å²) in [6, 6.07) is 18.1. The number of carbonyl (C=O) groups is 2. The van der Waals surface area contributed by atoms with E-state index in [0.29, 0.717) is 24.6 Å². The van der Waals surface area contributed by atoms with Crippen LogP contribution in [0, 0.1) is 0 Å². The summed E-state index contributed by atoms with van der Waals surface area (Å²) in [7, 11) is 0. The van der Waals surface area contributed by atoms with E-state index in [2.05, 4.69) is 32.3 Å². The molecule has 0 spiro atoms. The topological polar surface area (TPSA) is 124 Å². The van der Waals surface area contributed by atoms with Crippen molar-refractivity contribution in [3.8, 4) is 0 Å². The zero-order chi connectivity index (χ0) is 27.7. The molecule has 204 valence electrons. The van der Waals surface area contributed by atoms with Gasteiger partial charge >= 0.3 is 6.09 Å². The number of aromatic nitrogens is 4. The molecule has 5 rings (SSSR count). The summed E-state index contributed by atoms with van der Waals surface area (Å²) in [5, 5.41) is 10.4. The molecular weight excluding hydrogens is 510 g/mol. The van der Waals surface area contributed by atoms with E-state index in [1.54, 1.807) is 42.7 Å². The predicted octanol–water partition coefficient (Wildman–Crippen LogP) is 5.37. The highest BCUT2D eigenvalue weighted by Crippen LogP contribution is 2.29. The van der Waals surface area contributed by atoms with Crippen LogP contribution in [0.15, 0.2) is 91.9 Å². The fraction of sp³-hybridized carbons (Fsp3) is 0.207. The normalized spacial score (nSPS) is 13.3. The quantitative estimate of drug-likeness (QED) is 0.272. The van der Waals surface area contributed by atoms with Crippen molar-refractivity contribution in [2.24, 2.45) is 0 Å². The first-order valence-corrected chi connectivity index (χ1v) is 12.9. The van der Waals surface area contributed by atoms with E-state index in [1.807, 2.05) is 41.2 Å². The number of benzene rings is 2. The maximum Gasteiger partial charge on any atom is 0.420 e. The van der Waals surface area contributed by atoms with Crippen LogP contribution in [0.25, 0.3) is 0 Å². The Morgan fingerprint density at radius 3 is 2.73 bits per heavy atom. The molecule has 2 aromatic carbocycles. The number of hydrogen-bond acceptors (Lipinski definition) is 8. The number of carbonyl (C=O) groups excluding carboxylic acids is 2. The van der Waals surface area contributed by atoms with Crippen LogP contribution in [0.1, 0.15) is 24.4 Å². The van der Waals surface area contributed by atoms with Crippen LogP contribution in [0.5, 0.6) is 0 Å². The standard InChI is InChI=1S/C29H29N7O4/c1-2-27(37)32-22-9-6-10-25(17-22)36(29(38)40-20-21-7-4-3-5-8-21)26-11-14-30-28(34-26)33-23-18-31-35(19-23)24-12-15-39-16-13-24/h2-11,14,17-19,24H,1,12-13,15-16,20H2,(H,32,37)(H,30,33,34). The van der Waals surface area contributed by atoms with Gasteiger partial charge in [-0.05, 0) is 42.7 Å². The maximum absolute atomic E-state index is 13.5. The number of rotatable bonds is 9. The van der Waals surface area contributed by atoms with E-state index < -0.39 is 6.09 Å². The van der Waals surface area contributed by atoms with Crippen LogP contribution in [0.2, 0.25) is 0 Å². The Morgan fingerprint density at radius 2 is 1.93 bits per heavy atom. The van der Waals surface area contributed by atoms with Gasteiger partial charge in [0.15, 0.2) is 0 Å². The molecule has 40 heavy (non-hydrogen) atoms. The third-order valence-electron chi connectivity index (χ3n) is 6.24. The summed E-state index contributed by atoms with van der Waals surface area (Å²) < 4.78 is 13.0. The molecule has 1 aliphatic heterocycles. The molecule has 1 fully saturated rings. The monoisotopic (exact) mass is 539 g/mol. The highest BCUT2D eigenvalue weighted by molar-refractivity contribution is 6.00. The van der Waals surface area contributed by atoms with Gasteiger partial charge in [0.1, 0.15) is 12.4 Å². The number of anilines is 5. The molecule has 0 atom stereocenters. The van der Waals surface area contributed by atoms with Crippen LogP contribution in [0.3, 0.4) is 0 Å². The van der Waals surface area contributed by atoms with Crippen LogP contribution >= 0.6 is 0 Å². The smallest absolute Gasteiger partial charge is 0.420 e. The second kappa shape index (κ2) is 12.7. The van der Waals surface area contributed by atoms with Crippen molar-refractivity contribution in [1.82, 2.24) is 19.7 Å². The van der Waals surface area contributed by atoms with Gasteiger partial charge in [0.05, 0.1) is 23.6 Å². The van der Waals surface area contributed by atoms with Crippen molar-refractivity contribution in [2.75, 3.05) is 28.7 Å². The fourth-order valence-corrected chi connectivity index (χ4v) is 4.25. The van der Waals surface area contributed by atoms with Crippen molar-refractivity contribution >= 4 is 40.8 Å². The fourth-order valence-electron chi connectivity index (χ4n) is 4.25. The van der Waals surface area contributed by atoms with Crippen LogP contribution < -0.4 is 15.5 Å². The minimum Gasteiger partial charge on any atom is -0.444 e. The average Bonchev–Trinajstić information content (AvgIpc) is 3.46. The van der Waals surface area contributed by atoms with E-state index >= 15 is 0 Å². The van der Waals surface area contributed by atoms with E-state index in [9.17, 15) is 9.59 Å². The highest BCUT2D eigenvalue weighted by Gasteiger charge is 2.23. The summed E-state index contributed by atoms with van der Waals surface area (Å²) in [6.07, 6.45) is 7.50. The number of ether oxygens (including phenoxy) is 2. The van der Waals surface area contributed by atoms with Crippen molar-refractivity contribution in [3.05, 3.63) is 97.5 Å². The zero-order valence-electron chi connectivity index (χ0n) is 21.8. The third kappa shape index (κ3) is 6.69. The van der Waals surface area contributed by atoms with Gasteiger partial charge in [-0.1, -0.05) is 43.0 Å². The van der Waals surface area contributed by atoms with Crippen molar-refractivity contribution in [3.63, 3.8) is 0 Å². The van der Waals surface area contributed by atoms with E-state index in [4.69, 9.17) is 9.47 Å². The van der Waals surface area contributed by atoms with Gasteiger partial charge in [-0.2, -0.15) is 10.1 Å². The van der Waals surface area contributed by atoms with E-state index in [-0.39, 0.29) is 30.3 Å². The van der Waals surface area contributed by atoms with E-state index in [0.717, 1.165) is 24.1 Å². The molecule has 1 aliphatic rings. The Balaban J connectivity index is 1.40. The van der Waals surface area contributed by atoms with Gasteiger partial charge in [0.25, 0.3) is 0 Å². The first kappa shape index (κ1) is 26.6. The summed E-state index contributed by atoms with van der Waals surface area (Å²) in [6.45, 7) is 4.99. The van der Waals surface area contributed by atoms with Crippen molar-refractivity contribution in [1.29, 1.82) is 0 Å². The molecule has 2 amide bonds. The Labute approximate surface area is 231 Å². The molecule has 0 unspecified atom stereocenters. The molecular formula is C29H29N7O4. The largest absolute Gasteiger partial charge is 0.444 e. The molecule has 3 heterocycles. The third-order valence-corrected chi connectivity index (χ3v) is 6.24. The van der Waals surface area contributed by atoms with Gasteiger partial charge < -0.3 is 20.1 Å². The van der Waals surface area contributed by atoms with E-state index in [1.165, 1.54) is 11.0 Å². The number of hydrogen-bond donors (Lipinski definition) is 2. The lowest BCUT2D eigenvalue weighted by Gasteiger charge is -2.22. The summed E-state index contributed by atoms with van der Waals surface area (Å²) in [5.74, 6) is 0.186. The first-order chi connectivity index (χ1) is 19.6. The van der Waals surface area contributed by atoms with Crippen molar-refractivity contribution in [2.45, 2.75) is 25.5 Å². The minimum atomic E-state index is -0.645. The number of nitrogens with one attached hydrogen (secondary N) is 2. The molecule has 1 saturated heterocycles. The summed E-state index contributed by atoms with van der Waals surface area (Å²) in [4.78, 5) is 35.6. The van der Waals surface area contributed by atoms with Crippen LogP contribution in [-0.4, -0.2) is 45.0 Å². The lowest BCUT2D eigenvalue weighted by molar-refractivity contribution is -0.111. The van der Waals surface area contributed by atoms with Gasteiger partial charge in [0.2, 0.25) is 11.9 Å². The van der Waals surface area contributed by atoms with Gasteiger partial charge in [-0.25, -0.2) is 14.7 Å². The van der Waals surface area contributed by atoms with Crippen LogP contribution in [0.4, 0.5) is 33.6 Å². The average molecular weight is 540 g/mol. The molecule has 4 aromatic rings. The molecule has 2 N–H and O–H groups in total.